The fourth-order valence-corrected chi connectivity index (χ4v) is 2.55. The third-order valence-electron chi connectivity index (χ3n) is 3.28. The molecule has 1 atom stereocenters. The first-order valence-electron chi connectivity index (χ1n) is 5.80. The summed E-state index contributed by atoms with van der Waals surface area (Å²) in [5.41, 5.74) is 1.65. The summed E-state index contributed by atoms with van der Waals surface area (Å²) in [5.74, 6) is 0. The Bertz CT molecular complexity index is 327. The van der Waals surface area contributed by atoms with Crippen molar-refractivity contribution in [1.82, 2.24) is 9.78 Å². The second-order valence-electron chi connectivity index (χ2n) is 5.50. The van der Waals surface area contributed by atoms with E-state index in [0.29, 0.717) is 11.5 Å². The molecule has 0 saturated heterocycles. The van der Waals surface area contributed by atoms with Crippen LogP contribution in [0.5, 0.6) is 0 Å². The lowest BCUT2D eigenvalue weighted by Crippen LogP contribution is -2.31. The number of hydrogen-bond acceptors (Lipinski definition) is 2. The van der Waals surface area contributed by atoms with Crippen molar-refractivity contribution in [3.63, 3.8) is 0 Å². The summed E-state index contributed by atoms with van der Waals surface area (Å²) >= 11 is 0. The van der Waals surface area contributed by atoms with E-state index in [1.54, 1.807) is 0 Å². The van der Waals surface area contributed by atoms with Gasteiger partial charge in [0.25, 0.3) is 0 Å². The van der Waals surface area contributed by atoms with E-state index in [4.69, 9.17) is 0 Å². The number of hydrogen-bond donors (Lipinski definition) is 1. The molecule has 1 aromatic rings. The van der Waals surface area contributed by atoms with Gasteiger partial charge in [-0.05, 0) is 24.7 Å². The highest BCUT2D eigenvalue weighted by Crippen LogP contribution is 2.36. The lowest BCUT2D eigenvalue weighted by Gasteiger charge is -2.35. The number of anilines is 1. The van der Waals surface area contributed by atoms with E-state index < -0.39 is 0 Å². The van der Waals surface area contributed by atoms with Crippen LogP contribution in [0, 0.1) is 5.41 Å². The van der Waals surface area contributed by atoms with Crippen LogP contribution in [0.25, 0.3) is 0 Å². The van der Waals surface area contributed by atoms with Crippen LogP contribution in [-0.2, 0) is 7.05 Å². The molecule has 3 nitrogen and oxygen atoms in total. The molecule has 1 unspecified atom stereocenters. The predicted molar refractivity (Wildman–Crippen MR) is 62.9 cm³/mol. The topological polar surface area (TPSA) is 29.9 Å². The zero-order valence-electron chi connectivity index (χ0n) is 9.95. The summed E-state index contributed by atoms with van der Waals surface area (Å²) in [6.45, 7) is 4.73. The second-order valence-corrected chi connectivity index (χ2v) is 5.50. The number of nitrogens with one attached hydrogen (secondary N) is 1. The molecule has 0 bridgehead atoms. The lowest BCUT2D eigenvalue weighted by molar-refractivity contribution is 0.229. The molecule has 0 radical (unpaired) electrons. The van der Waals surface area contributed by atoms with Gasteiger partial charge in [0.1, 0.15) is 0 Å². The quantitative estimate of drug-likeness (QED) is 0.808. The Morgan fingerprint density at radius 1 is 1.53 bits per heavy atom. The molecule has 0 amide bonds. The Morgan fingerprint density at radius 3 is 2.93 bits per heavy atom. The minimum Gasteiger partial charge on any atom is -0.380 e. The molecule has 0 aromatic carbocycles. The first-order chi connectivity index (χ1) is 7.05. The molecule has 1 N–H and O–H groups in total. The van der Waals surface area contributed by atoms with E-state index in [1.165, 1.54) is 25.7 Å². The standard InChI is InChI=1S/C12H21N3/c1-12(2)6-4-5-10(7-12)14-11-8-13-15(3)9-11/h8-10,14H,4-7H2,1-3H3. The van der Waals surface area contributed by atoms with E-state index in [1.807, 2.05) is 24.1 Å². The monoisotopic (exact) mass is 207 g/mol. The van der Waals surface area contributed by atoms with Crippen LogP contribution in [-0.4, -0.2) is 15.8 Å². The molecule has 0 spiro atoms. The van der Waals surface area contributed by atoms with E-state index >= 15 is 0 Å². The van der Waals surface area contributed by atoms with Gasteiger partial charge in [0, 0.05) is 19.3 Å². The van der Waals surface area contributed by atoms with Crippen LogP contribution < -0.4 is 5.32 Å². The summed E-state index contributed by atoms with van der Waals surface area (Å²) in [6.07, 6.45) is 9.20. The van der Waals surface area contributed by atoms with Gasteiger partial charge in [-0.1, -0.05) is 20.3 Å². The summed E-state index contributed by atoms with van der Waals surface area (Å²) in [4.78, 5) is 0. The summed E-state index contributed by atoms with van der Waals surface area (Å²) in [7, 11) is 1.95. The minimum atomic E-state index is 0.498. The van der Waals surface area contributed by atoms with Crippen molar-refractivity contribution in [3.05, 3.63) is 12.4 Å². The van der Waals surface area contributed by atoms with Crippen molar-refractivity contribution < 1.29 is 0 Å². The molecule has 15 heavy (non-hydrogen) atoms. The Balaban J connectivity index is 1.95. The van der Waals surface area contributed by atoms with Gasteiger partial charge in [0.05, 0.1) is 11.9 Å². The molecular formula is C12H21N3. The smallest absolute Gasteiger partial charge is 0.0728 e. The molecule has 1 aliphatic rings. The molecule has 1 fully saturated rings. The highest BCUT2D eigenvalue weighted by atomic mass is 15.3. The predicted octanol–water partition coefficient (Wildman–Crippen LogP) is 2.80. The van der Waals surface area contributed by atoms with Crippen molar-refractivity contribution in [1.29, 1.82) is 0 Å². The van der Waals surface area contributed by atoms with Crippen LogP contribution in [0.2, 0.25) is 0 Å². The zero-order valence-corrected chi connectivity index (χ0v) is 9.95. The molecule has 1 aliphatic carbocycles. The average Bonchev–Trinajstić information content (AvgIpc) is 2.49. The first kappa shape index (κ1) is 10.5. The van der Waals surface area contributed by atoms with Gasteiger partial charge in [-0.25, -0.2) is 0 Å². The fourth-order valence-electron chi connectivity index (χ4n) is 2.55. The second kappa shape index (κ2) is 3.87. The van der Waals surface area contributed by atoms with Crippen molar-refractivity contribution in [2.24, 2.45) is 12.5 Å². The van der Waals surface area contributed by atoms with Gasteiger partial charge in [-0.15, -0.1) is 0 Å². The Hall–Kier alpha value is -0.990. The van der Waals surface area contributed by atoms with Crippen molar-refractivity contribution in [2.75, 3.05) is 5.32 Å². The maximum atomic E-state index is 4.17. The van der Waals surface area contributed by atoms with Crippen LogP contribution >= 0.6 is 0 Å². The van der Waals surface area contributed by atoms with Crippen LogP contribution in [0.4, 0.5) is 5.69 Å². The van der Waals surface area contributed by atoms with Crippen LogP contribution in [0.1, 0.15) is 39.5 Å². The van der Waals surface area contributed by atoms with Crippen molar-refractivity contribution in [3.8, 4) is 0 Å². The first-order valence-corrected chi connectivity index (χ1v) is 5.80. The molecule has 0 aliphatic heterocycles. The molecule has 84 valence electrons. The normalized spacial score (nSPS) is 25.1. The van der Waals surface area contributed by atoms with Crippen molar-refractivity contribution in [2.45, 2.75) is 45.6 Å². The minimum absolute atomic E-state index is 0.498. The van der Waals surface area contributed by atoms with E-state index in [2.05, 4.69) is 24.3 Å². The van der Waals surface area contributed by atoms with E-state index in [0.717, 1.165) is 5.69 Å². The molecule has 2 rings (SSSR count). The average molecular weight is 207 g/mol. The lowest BCUT2D eigenvalue weighted by atomic mass is 9.75. The van der Waals surface area contributed by atoms with E-state index in [9.17, 15) is 0 Å². The highest BCUT2D eigenvalue weighted by molar-refractivity contribution is 5.39. The Labute approximate surface area is 91.9 Å². The number of rotatable bonds is 2. The Kier molecular flexibility index (Phi) is 2.72. The maximum absolute atomic E-state index is 4.17. The third-order valence-corrected chi connectivity index (χ3v) is 3.28. The van der Waals surface area contributed by atoms with Gasteiger partial charge in [0.2, 0.25) is 0 Å². The molecule has 1 heterocycles. The third kappa shape index (κ3) is 2.74. The van der Waals surface area contributed by atoms with Crippen LogP contribution in [0.15, 0.2) is 12.4 Å². The number of aromatic nitrogens is 2. The Morgan fingerprint density at radius 2 is 2.33 bits per heavy atom. The highest BCUT2D eigenvalue weighted by Gasteiger charge is 2.27. The summed E-state index contributed by atoms with van der Waals surface area (Å²) < 4.78 is 1.84. The summed E-state index contributed by atoms with van der Waals surface area (Å²) in [6, 6.07) is 0.623. The maximum Gasteiger partial charge on any atom is 0.0728 e. The van der Waals surface area contributed by atoms with Gasteiger partial charge >= 0.3 is 0 Å². The molecular weight excluding hydrogens is 186 g/mol. The van der Waals surface area contributed by atoms with Gasteiger partial charge in [0.15, 0.2) is 0 Å². The zero-order chi connectivity index (χ0) is 10.9. The summed E-state index contributed by atoms with van der Waals surface area (Å²) in [5, 5.41) is 7.75. The SMILES string of the molecule is Cn1cc(NC2CCCC(C)(C)C2)cn1. The molecule has 1 aromatic heterocycles. The van der Waals surface area contributed by atoms with Crippen molar-refractivity contribution >= 4 is 5.69 Å². The largest absolute Gasteiger partial charge is 0.380 e. The van der Waals surface area contributed by atoms with Gasteiger partial charge < -0.3 is 5.32 Å². The van der Waals surface area contributed by atoms with Gasteiger partial charge in [-0.3, -0.25) is 4.68 Å². The molecule has 3 heteroatoms. The number of aryl methyl sites for hydroxylation is 1. The van der Waals surface area contributed by atoms with Crippen LogP contribution in [0.3, 0.4) is 0 Å². The molecule has 1 saturated carbocycles. The number of nitrogens with zero attached hydrogens (tertiary/aromatic N) is 2. The fraction of sp³-hybridized carbons (Fsp3) is 0.750. The van der Waals surface area contributed by atoms with E-state index in [-0.39, 0.29) is 0 Å². The van der Waals surface area contributed by atoms with Gasteiger partial charge in [-0.2, -0.15) is 5.10 Å².